The molecule has 2 aromatic rings. The average Bonchev–Trinajstić information content (AvgIpc) is 2.41. The summed E-state index contributed by atoms with van der Waals surface area (Å²) >= 11 is 2.22. The molecule has 1 aromatic carbocycles. The van der Waals surface area contributed by atoms with Crippen LogP contribution >= 0.6 is 22.6 Å². The van der Waals surface area contributed by atoms with Gasteiger partial charge in [-0.2, -0.15) is 0 Å². The maximum absolute atomic E-state index is 9.22. The van der Waals surface area contributed by atoms with Crippen LogP contribution in [0.3, 0.4) is 0 Å². The molecule has 3 nitrogen and oxygen atoms in total. The van der Waals surface area contributed by atoms with Crippen LogP contribution in [0.15, 0.2) is 36.4 Å². The van der Waals surface area contributed by atoms with Crippen LogP contribution in [0.2, 0.25) is 0 Å². The smallest absolute Gasteiger partial charge is 0.219 e. The Bertz CT molecular complexity index is 521. The Morgan fingerprint density at radius 3 is 2.72 bits per heavy atom. The SMILES string of the molecule is CCc1cc(CO)cc(Oc2ccccc2I)n1. The van der Waals surface area contributed by atoms with Crippen molar-refractivity contribution in [2.75, 3.05) is 0 Å². The Kier molecular flexibility index (Phi) is 4.54. The van der Waals surface area contributed by atoms with Crippen molar-refractivity contribution in [3.05, 3.63) is 51.2 Å². The van der Waals surface area contributed by atoms with Crippen LogP contribution in [0.25, 0.3) is 0 Å². The highest BCUT2D eigenvalue weighted by atomic mass is 127. The molecular weight excluding hydrogens is 341 g/mol. The normalized spacial score (nSPS) is 10.4. The first-order valence-electron chi connectivity index (χ1n) is 5.76. The summed E-state index contributed by atoms with van der Waals surface area (Å²) in [6.45, 7) is 2.03. The van der Waals surface area contributed by atoms with Gasteiger partial charge in [0.1, 0.15) is 5.75 Å². The molecule has 1 heterocycles. The number of halogens is 1. The predicted octanol–water partition coefficient (Wildman–Crippen LogP) is 3.53. The minimum Gasteiger partial charge on any atom is -0.438 e. The molecule has 0 radical (unpaired) electrons. The predicted molar refractivity (Wildman–Crippen MR) is 78.8 cm³/mol. The molecule has 4 heteroatoms. The third kappa shape index (κ3) is 3.20. The minimum atomic E-state index is -0.00222. The van der Waals surface area contributed by atoms with Gasteiger partial charge in [0.05, 0.1) is 10.2 Å². The van der Waals surface area contributed by atoms with Gasteiger partial charge in [0.2, 0.25) is 5.88 Å². The second kappa shape index (κ2) is 6.15. The van der Waals surface area contributed by atoms with Crippen molar-refractivity contribution in [3.63, 3.8) is 0 Å². The van der Waals surface area contributed by atoms with Gasteiger partial charge in [0, 0.05) is 11.8 Å². The highest BCUT2D eigenvalue weighted by Crippen LogP contribution is 2.26. The van der Waals surface area contributed by atoms with Crippen molar-refractivity contribution in [2.45, 2.75) is 20.0 Å². The molecule has 0 spiro atoms. The van der Waals surface area contributed by atoms with E-state index in [2.05, 4.69) is 27.6 Å². The summed E-state index contributed by atoms with van der Waals surface area (Å²) in [5.41, 5.74) is 1.74. The Hall–Kier alpha value is -1.14. The van der Waals surface area contributed by atoms with Crippen LogP contribution in [0, 0.1) is 3.57 Å². The van der Waals surface area contributed by atoms with E-state index in [1.165, 1.54) is 0 Å². The van der Waals surface area contributed by atoms with Gasteiger partial charge in [-0.1, -0.05) is 19.1 Å². The van der Waals surface area contributed by atoms with Gasteiger partial charge in [-0.3, -0.25) is 0 Å². The molecule has 2 rings (SSSR count). The van der Waals surface area contributed by atoms with E-state index < -0.39 is 0 Å². The molecule has 0 aliphatic rings. The molecule has 18 heavy (non-hydrogen) atoms. The first-order chi connectivity index (χ1) is 8.72. The highest BCUT2D eigenvalue weighted by Gasteiger charge is 2.06. The van der Waals surface area contributed by atoms with Crippen molar-refractivity contribution in [1.82, 2.24) is 4.98 Å². The number of ether oxygens (including phenoxy) is 1. The molecule has 0 bridgehead atoms. The third-order valence-corrected chi connectivity index (χ3v) is 3.40. The first kappa shape index (κ1) is 13.3. The number of rotatable bonds is 4. The number of aliphatic hydroxyl groups is 1. The summed E-state index contributed by atoms with van der Waals surface area (Å²) in [4.78, 5) is 4.40. The van der Waals surface area contributed by atoms with E-state index in [0.717, 1.165) is 27.0 Å². The fraction of sp³-hybridized carbons (Fsp3) is 0.214. The largest absolute Gasteiger partial charge is 0.438 e. The first-order valence-corrected chi connectivity index (χ1v) is 6.84. The lowest BCUT2D eigenvalue weighted by Crippen LogP contribution is -1.96. The maximum Gasteiger partial charge on any atom is 0.219 e. The van der Waals surface area contributed by atoms with Crippen molar-refractivity contribution < 1.29 is 9.84 Å². The second-order valence-corrected chi connectivity index (χ2v) is 5.01. The van der Waals surface area contributed by atoms with E-state index >= 15 is 0 Å². The van der Waals surface area contributed by atoms with Crippen molar-refractivity contribution in [1.29, 1.82) is 0 Å². The number of pyridine rings is 1. The molecule has 0 aliphatic heterocycles. The lowest BCUT2D eigenvalue weighted by Gasteiger charge is -2.09. The molecule has 0 saturated carbocycles. The molecule has 94 valence electrons. The summed E-state index contributed by atoms with van der Waals surface area (Å²) in [7, 11) is 0. The maximum atomic E-state index is 9.22. The van der Waals surface area contributed by atoms with Crippen LogP contribution < -0.4 is 4.74 Å². The number of aliphatic hydroxyl groups excluding tert-OH is 1. The van der Waals surface area contributed by atoms with Crippen LogP contribution in [-0.4, -0.2) is 10.1 Å². The van der Waals surface area contributed by atoms with Gasteiger partial charge in [0.15, 0.2) is 0 Å². The molecule has 0 amide bonds. The van der Waals surface area contributed by atoms with E-state index in [1.807, 2.05) is 37.3 Å². The van der Waals surface area contributed by atoms with Gasteiger partial charge < -0.3 is 9.84 Å². The number of aryl methyl sites for hydroxylation is 1. The van der Waals surface area contributed by atoms with Crippen LogP contribution in [0.1, 0.15) is 18.2 Å². The fourth-order valence-electron chi connectivity index (χ4n) is 1.59. The molecule has 0 saturated heterocycles. The Morgan fingerprint density at radius 2 is 2.06 bits per heavy atom. The molecule has 0 atom stereocenters. The van der Waals surface area contributed by atoms with E-state index in [4.69, 9.17) is 4.74 Å². The Labute approximate surface area is 120 Å². The molecule has 1 N–H and O–H groups in total. The summed E-state index contributed by atoms with van der Waals surface area (Å²) in [6.07, 6.45) is 0.816. The Balaban J connectivity index is 2.31. The lowest BCUT2D eigenvalue weighted by atomic mass is 10.2. The zero-order valence-corrected chi connectivity index (χ0v) is 12.2. The number of aromatic nitrogens is 1. The van der Waals surface area contributed by atoms with E-state index in [9.17, 15) is 5.11 Å². The second-order valence-electron chi connectivity index (χ2n) is 3.85. The third-order valence-electron chi connectivity index (χ3n) is 2.51. The zero-order valence-electron chi connectivity index (χ0n) is 10.1. The minimum absolute atomic E-state index is 0.00222. The topological polar surface area (TPSA) is 42.4 Å². The molecule has 0 fully saturated rings. The quantitative estimate of drug-likeness (QED) is 0.854. The number of benzene rings is 1. The number of para-hydroxylation sites is 1. The van der Waals surface area contributed by atoms with E-state index in [0.29, 0.717) is 5.88 Å². The van der Waals surface area contributed by atoms with Gasteiger partial charge in [-0.25, -0.2) is 4.98 Å². The summed E-state index contributed by atoms with van der Waals surface area (Å²) in [5.74, 6) is 1.31. The van der Waals surface area contributed by atoms with Crippen LogP contribution in [0.5, 0.6) is 11.6 Å². The molecule has 1 aromatic heterocycles. The summed E-state index contributed by atoms with van der Waals surface area (Å²) in [6, 6.07) is 11.4. The lowest BCUT2D eigenvalue weighted by molar-refractivity contribution is 0.281. The van der Waals surface area contributed by atoms with Crippen molar-refractivity contribution >= 4 is 22.6 Å². The van der Waals surface area contributed by atoms with Gasteiger partial charge in [-0.05, 0) is 52.8 Å². The number of hydrogen-bond acceptors (Lipinski definition) is 3. The van der Waals surface area contributed by atoms with Gasteiger partial charge >= 0.3 is 0 Å². The zero-order chi connectivity index (χ0) is 13.0. The van der Waals surface area contributed by atoms with Crippen LogP contribution in [-0.2, 0) is 13.0 Å². The average molecular weight is 355 g/mol. The molecule has 0 unspecified atom stereocenters. The summed E-state index contributed by atoms with van der Waals surface area (Å²) in [5, 5.41) is 9.22. The monoisotopic (exact) mass is 355 g/mol. The molecule has 0 aliphatic carbocycles. The van der Waals surface area contributed by atoms with E-state index in [-0.39, 0.29) is 6.61 Å². The number of hydrogen-bond donors (Lipinski definition) is 1. The van der Waals surface area contributed by atoms with Gasteiger partial charge in [-0.15, -0.1) is 0 Å². The number of nitrogens with zero attached hydrogens (tertiary/aromatic N) is 1. The highest BCUT2D eigenvalue weighted by molar-refractivity contribution is 14.1. The Morgan fingerprint density at radius 1 is 1.28 bits per heavy atom. The van der Waals surface area contributed by atoms with Gasteiger partial charge in [0.25, 0.3) is 0 Å². The van der Waals surface area contributed by atoms with Crippen molar-refractivity contribution in [3.8, 4) is 11.6 Å². The summed E-state index contributed by atoms with van der Waals surface area (Å²) < 4.78 is 6.80. The van der Waals surface area contributed by atoms with Crippen LogP contribution in [0.4, 0.5) is 0 Å². The van der Waals surface area contributed by atoms with Crippen molar-refractivity contribution in [2.24, 2.45) is 0 Å². The standard InChI is InChI=1S/C14H14INO2/c1-2-11-7-10(9-17)8-14(16-11)18-13-6-4-3-5-12(13)15/h3-8,17H,2,9H2,1H3. The molecular formula is C14H14INO2. The fourth-order valence-corrected chi connectivity index (χ4v) is 2.08. The van der Waals surface area contributed by atoms with E-state index in [1.54, 1.807) is 6.07 Å².